The summed E-state index contributed by atoms with van der Waals surface area (Å²) >= 11 is 3.15. The normalized spacial score (nSPS) is 15.0. The van der Waals surface area contributed by atoms with Crippen molar-refractivity contribution in [1.29, 1.82) is 0 Å². The van der Waals surface area contributed by atoms with Gasteiger partial charge < -0.3 is 4.74 Å². The van der Waals surface area contributed by atoms with Crippen LogP contribution in [-0.2, 0) is 16.6 Å². The van der Waals surface area contributed by atoms with Crippen molar-refractivity contribution in [2.24, 2.45) is 0 Å². The second-order valence-electron chi connectivity index (χ2n) is 6.02. The lowest BCUT2D eigenvalue weighted by molar-refractivity contribution is -0.386. The van der Waals surface area contributed by atoms with Crippen LogP contribution >= 0.6 is 15.9 Å². The first kappa shape index (κ1) is 19.7. The Balaban J connectivity index is 1.87. The van der Waals surface area contributed by atoms with Gasteiger partial charge in [0.1, 0.15) is 12.4 Å². The zero-order valence-electron chi connectivity index (χ0n) is 14.1. The van der Waals surface area contributed by atoms with Crippen molar-refractivity contribution >= 4 is 31.6 Å². The summed E-state index contributed by atoms with van der Waals surface area (Å²) in [5, 5.41) is 11.4. The van der Waals surface area contributed by atoms with Gasteiger partial charge in [-0.3, -0.25) is 10.1 Å². The molecule has 1 heterocycles. The van der Waals surface area contributed by atoms with E-state index in [-0.39, 0.29) is 22.8 Å². The van der Waals surface area contributed by atoms with Gasteiger partial charge in [-0.15, -0.1) is 0 Å². The Bertz CT molecular complexity index is 977. The average Bonchev–Trinajstić information content (AvgIpc) is 3.16. The van der Waals surface area contributed by atoms with Crippen molar-refractivity contribution in [1.82, 2.24) is 4.31 Å². The third-order valence-electron chi connectivity index (χ3n) is 4.23. The maximum Gasteiger partial charge on any atom is 0.312 e. The van der Waals surface area contributed by atoms with Crippen LogP contribution in [0, 0.1) is 15.9 Å². The molecular weight excluding hydrogens is 443 g/mol. The van der Waals surface area contributed by atoms with Crippen LogP contribution in [0.4, 0.5) is 10.1 Å². The molecule has 2 aromatic carbocycles. The van der Waals surface area contributed by atoms with Gasteiger partial charge >= 0.3 is 5.69 Å². The molecule has 0 saturated carbocycles. The number of nitro groups is 1. The Labute approximate surface area is 164 Å². The topological polar surface area (TPSA) is 89.8 Å². The van der Waals surface area contributed by atoms with Gasteiger partial charge in [0.15, 0.2) is 5.75 Å². The smallest absolute Gasteiger partial charge is 0.312 e. The Morgan fingerprint density at radius 2 is 1.89 bits per heavy atom. The molecular formula is C17H16BrFN2O5S. The summed E-state index contributed by atoms with van der Waals surface area (Å²) in [6.45, 7) is 0.576. The molecule has 1 fully saturated rings. The SMILES string of the molecule is O=[N+]([O-])c1cc(S(=O)(=O)N2CCCC2)ccc1OCc1ccc(Br)cc1F. The molecule has 0 atom stereocenters. The van der Waals surface area contributed by atoms with E-state index < -0.39 is 26.5 Å². The van der Waals surface area contributed by atoms with Gasteiger partial charge in [0, 0.05) is 29.2 Å². The van der Waals surface area contributed by atoms with Crippen molar-refractivity contribution < 1.29 is 22.5 Å². The summed E-state index contributed by atoms with van der Waals surface area (Å²) in [4.78, 5) is 10.5. The maximum absolute atomic E-state index is 13.9. The highest BCUT2D eigenvalue weighted by molar-refractivity contribution is 9.10. The van der Waals surface area contributed by atoms with Gasteiger partial charge in [-0.1, -0.05) is 22.0 Å². The molecule has 0 spiro atoms. The Kier molecular flexibility index (Phi) is 5.78. The summed E-state index contributed by atoms with van der Waals surface area (Å²) < 4.78 is 46.3. The van der Waals surface area contributed by atoms with E-state index in [4.69, 9.17) is 4.74 Å². The van der Waals surface area contributed by atoms with Crippen LogP contribution in [0.1, 0.15) is 18.4 Å². The lowest BCUT2D eigenvalue weighted by Crippen LogP contribution is -2.27. The van der Waals surface area contributed by atoms with Gasteiger partial charge in [-0.25, -0.2) is 12.8 Å². The zero-order valence-corrected chi connectivity index (χ0v) is 16.5. The molecule has 0 unspecified atom stereocenters. The molecule has 0 aliphatic carbocycles. The number of ether oxygens (including phenoxy) is 1. The van der Waals surface area contributed by atoms with E-state index in [0.29, 0.717) is 17.6 Å². The first-order valence-corrected chi connectivity index (χ1v) is 10.4. The van der Waals surface area contributed by atoms with Crippen LogP contribution in [-0.4, -0.2) is 30.7 Å². The quantitative estimate of drug-likeness (QED) is 0.484. The predicted molar refractivity (Wildman–Crippen MR) is 99.5 cm³/mol. The Morgan fingerprint density at radius 3 is 2.52 bits per heavy atom. The molecule has 144 valence electrons. The van der Waals surface area contributed by atoms with Crippen LogP contribution in [0.3, 0.4) is 0 Å². The number of benzene rings is 2. The molecule has 0 N–H and O–H groups in total. The molecule has 0 aromatic heterocycles. The number of nitrogens with zero attached hydrogens (tertiary/aromatic N) is 2. The van der Waals surface area contributed by atoms with Crippen molar-refractivity contribution in [3.63, 3.8) is 0 Å². The number of sulfonamides is 1. The van der Waals surface area contributed by atoms with Gasteiger partial charge in [-0.05, 0) is 37.1 Å². The number of nitro benzene ring substituents is 1. The minimum atomic E-state index is -3.78. The monoisotopic (exact) mass is 458 g/mol. The molecule has 1 aliphatic rings. The average molecular weight is 459 g/mol. The first-order valence-electron chi connectivity index (χ1n) is 8.14. The Hall–Kier alpha value is -2.04. The number of hydrogen-bond acceptors (Lipinski definition) is 5. The van der Waals surface area contributed by atoms with E-state index in [0.717, 1.165) is 18.9 Å². The van der Waals surface area contributed by atoms with Crippen molar-refractivity contribution in [2.45, 2.75) is 24.3 Å². The highest BCUT2D eigenvalue weighted by Gasteiger charge is 2.29. The highest BCUT2D eigenvalue weighted by atomic mass is 79.9. The van der Waals surface area contributed by atoms with E-state index in [2.05, 4.69) is 15.9 Å². The van der Waals surface area contributed by atoms with Crippen LogP contribution in [0.5, 0.6) is 5.75 Å². The second-order valence-corrected chi connectivity index (χ2v) is 8.88. The number of rotatable bonds is 6. The minimum absolute atomic E-state index is 0.123. The minimum Gasteiger partial charge on any atom is -0.482 e. The maximum atomic E-state index is 13.9. The third-order valence-corrected chi connectivity index (χ3v) is 6.62. The van der Waals surface area contributed by atoms with E-state index in [1.54, 1.807) is 6.07 Å². The molecule has 3 rings (SSSR count). The van der Waals surface area contributed by atoms with Gasteiger partial charge in [-0.2, -0.15) is 4.31 Å². The van der Waals surface area contributed by atoms with Gasteiger partial charge in [0.2, 0.25) is 10.0 Å². The third kappa shape index (κ3) is 4.28. The molecule has 0 bridgehead atoms. The van der Waals surface area contributed by atoms with Crippen molar-refractivity contribution in [3.8, 4) is 5.75 Å². The van der Waals surface area contributed by atoms with E-state index in [1.807, 2.05) is 0 Å². The predicted octanol–water partition coefficient (Wildman–Crippen LogP) is 3.86. The van der Waals surface area contributed by atoms with Crippen LogP contribution in [0.25, 0.3) is 0 Å². The summed E-state index contributed by atoms with van der Waals surface area (Å²) in [6, 6.07) is 7.88. The van der Waals surface area contributed by atoms with Gasteiger partial charge in [0.05, 0.1) is 9.82 Å². The summed E-state index contributed by atoms with van der Waals surface area (Å²) in [7, 11) is -3.78. The number of hydrogen-bond donors (Lipinski definition) is 0. The highest BCUT2D eigenvalue weighted by Crippen LogP contribution is 2.32. The number of halogens is 2. The van der Waals surface area contributed by atoms with Crippen molar-refractivity contribution in [3.05, 3.63) is 62.4 Å². The van der Waals surface area contributed by atoms with E-state index in [1.165, 1.54) is 28.6 Å². The first-order chi connectivity index (χ1) is 12.8. The van der Waals surface area contributed by atoms with E-state index in [9.17, 15) is 22.9 Å². The van der Waals surface area contributed by atoms with Crippen LogP contribution in [0.15, 0.2) is 45.8 Å². The molecule has 1 aliphatic heterocycles. The molecule has 10 heteroatoms. The van der Waals surface area contributed by atoms with Crippen molar-refractivity contribution in [2.75, 3.05) is 13.1 Å². The van der Waals surface area contributed by atoms with Crippen LogP contribution in [0.2, 0.25) is 0 Å². The molecule has 7 nitrogen and oxygen atoms in total. The summed E-state index contributed by atoms with van der Waals surface area (Å²) in [5.41, 5.74) is -0.256. The fraction of sp³-hybridized carbons (Fsp3) is 0.294. The summed E-state index contributed by atoms with van der Waals surface area (Å²) in [6.07, 6.45) is 1.53. The molecule has 1 saturated heterocycles. The molecule has 2 aromatic rings. The zero-order chi connectivity index (χ0) is 19.6. The fourth-order valence-electron chi connectivity index (χ4n) is 2.79. The molecule has 27 heavy (non-hydrogen) atoms. The van der Waals surface area contributed by atoms with E-state index >= 15 is 0 Å². The molecule has 0 radical (unpaired) electrons. The Morgan fingerprint density at radius 1 is 1.19 bits per heavy atom. The second kappa shape index (κ2) is 7.91. The van der Waals surface area contributed by atoms with Gasteiger partial charge in [0.25, 0.3) is 0 Å². The fourth-order valence-corrected chi connectivity index (χ4v) is 4.66. The lowest BCUT2D eigenvalue weighted by Gasteiger charge is -2.16. The standard InChI is InChI=1S/C17H16BrFN2O5S/c18-13-4-3-12(15(19)9-13)11-26-17-6-5-14(10-16(17)21(22)23)27(24,25)20-7-1-2-8-20/h3-6,9-10H,1-2,7-8,11H2. The summed E-state index contributed by atoms with van der Waals surface area (Å²) in [5.74, 6) is -0.636. The van der Waals surface area contributed by atoms with Crippen LogP contribution < -0.4 is 4.74 Å². The molecule has 0 amide bonds. The largest absolute Gasteiger partial charge is 0.482 e. The lowest BCUT2D eigenvalue weighted by atomic mass is 10.2.